The molecule has 2 unspecified atom stereocenters. The van der Waals surface area contributed by atoms with Crippen LogP contribution in [0.2, 0.25) is 0 Å². The molecule has 0 aromatic carbocycles. The molecule has 3 heteroatoms. The van der Waals surface area contributed by atoms with E-state index in [1.807, 2.05) is 6.92 Å². The van der Waals surface area contributed by atoms with Crippen molar-refractivity contribution in [2.45, 2.75) is 19.0 Å². The van der Waals surface area contributed by atoms with Crippen molar-refractivity contribution in [3.63, 3.8) is 0 Å². The van der Waals surface area contributed by atoms with Crippen molar-refractivity contribution in [3.05, 3.63) is 24.2 Å². The third-order valence-corrected chi connectivity index (χ3v) is 2.90. The van der Waals surface area contributed by atoms with E-state index in [1.165, 1.54) is 12.5 Å². The first-order valence-electron chi connectivity index (χ1n) is 4.66. The molecule has 72 valence electrons. The Kier molecular flexibility index (Phi) is 2.12. The number of hydrogen-bond donors (Lipinski definition) is 1. The summed E-state index contributed by atoms with van der Waals surface area (Å²) in [6.45, 7) is 3.41. The quantitative estimate of drug-likeness (QED) is 0.721. The zero-order chi connectivity index (χ0) is 9.31. The minimum absolute atomic E-state index is 0.0128. The summed E-state index contributed by atoms with van der Waals surface area (Å²) in [5, 5.41) is 3.18. The van der Waals surface area contributed by atoms with E-state index in [4.69, 9.17) is 4.42 Å². The van der Waals surface area contributed by atoms with E-state index in [9.17, 15) is 4.39 Å². The largest absolute Gasteiger partial charge is 0.472 e. The van der Waals surface area contributed by atoms with Crippen LogP contribution in [0.5, 0.6) is 0 Å². The van der Waals surface area contributed by atoms with Gasteiger partial charge in [0.15, 0.2) is 0 Å². The van der Waals surface area contributed by atoms with Crippen LogP contribution in [0.1, 0.15) is 18.9 Å². The highest BCUT2D eigenvalue weighted by molar-refractivity contribution is 5.19. The highest BCUT2D eigenvalue weighted by Crippen LogP contribution is 2.39. The van der Waals surface area contributed by atoms with Gasteiger partial charge in [-0.1, -0.05) is 6.92 Å². The molecule has 1 aromatic rings. The number of halogens is 1. The van der Waals surface area contributed by atoms with Gasteiger partial charge in [0.05, 0.1) is 12.5 Å². The predicted molar refractivity (Wildman–Crippen MR) is 48.1 cm³/mol. The average molecular weight is 183 g/mol. The van der Waals surface area contributed by atoms with Crippen molar-refractivity contribution in [3.8, 4) is 0 Å². The highest BCUT2D eigenvalue weighted by atomic mass is 19.1. The normalized spacial score (nSPS) is 34.8. The van der Waals surface area contributed by atoms with Crippen LogP contribution in [0.4, 0.5) is 4.39 Å². The molecule has 1 aliphatic rings. The maximum Gasteiger partial charge on any atom is 0.144 e. The Labute approximate surface area is 77.1 Å². The maximum absolute atomic E-state index is 14.4. The van der Waals surface area contributed by atoms with Crippen molar-refractivity contribution in [1.29, 1.82) is 0 Å². The standard InChI is InChI=1S/C10H14FNO/c1-8-6-12-4-3-10(8,11)9-2-5-13-7-9/h2,5,7-8,12H,3-4,6H2,1H3. The van der Waals surface area contributed by atoms with Gasteiger partial charge in [0, 0.05) is 18.0 Å². The van der Waals surface area contributed by atoms with Crippen molar-refractivity contribution in [2.75, 3.05) is 13.1 Å². The first kappa shape index (κ1) is 8.75. The van der Waals surface area contributed by atoms with Gasteiger partial charge < -0.3 is 9.73 Å². The molecule has 1 aromatic heterocycles. The van der Waals surface area contributed by atoms with Crippen molar-refractivity contribution >= 4 is 0 Å². The molecule has 0 spiro atoms. The second kappa shape index (κ2) is 3.14. The molecule has 0 aliphatic carbocycles. The summed E-state index contributed by atoms with van der Waals surface area (Å²) in [5.41, 5.74) is -0.514. The predicted octanol–water partition coefficient (Wildman–Crippen LogP) is 2.07. The van der Waals surface area contributed by atoms with E-state index >= 15 is 0 Å². The monoisotopic (exact) mass is 183 g/mol. The molecule has 1 fully saturated rings. The number of furan rings is 1. The van der Waals surface area contributed by atoms with Gasteiger partial charge in [-0.3, -0.25) is 0 Å². The molecule has 2 nitrogen and oxygen atoms in total. The number of piperidine rings is 1. The van der Waals surface area contributed by atoms with Gasteiger partial charge in [-0.15, -0.1) is 0 Å². The smallest absolute Gasteiger partial charge is 0.144 e. The Morgan fingerprint density at radius 3 is 3.15 bits per heavy atom. The summed E-state index contributed by atoms with van der Waals surface area (Å²) in [6.07, 6.45) is 3.58. The summed E-state index contributed by atoms with van der Waals surface area (Å²) < 4.78 is 19.4. The lowest BCUT2D eigenvalue weighted by Gasteiger charge is -2.35. The van der Waals surface area contributed by atoms with Gasteiger partial charge >= 0.3 is 0 Å². The molecule has 1 aliphatic heterocycles. The van der Waals surface area contributed by atoms with Crippen LogP contribution >= 0.6 is 0 Å². The molecule has 2 heterocycles. The van der Waals surface area contributed by atoms with E-state index in [-0.39, 0.29) is 5.92 Å². The van der Waals surface area contributed by atoms with Crippen molar-refractivity contribution < 1.29 is 8.81 Å². The number of nitrogens with one attached hydrogen (secondary N) is 1. The third-order valence-electron chi connectivity index (χ3n) is 2.90. The maximum atomic E-state index is 14.4. The number of hydrogen-bond acceptors (Lipinski definition) is 2. The molecular formula is C10H14FNO. The van der Waals surface area contributed by atoms with E-state index in [0.29, 0.717) is 12.0 Å². The summed E-state index contributed by atoms with van der Waals surface area (Å²) in [5.74, 6) is 0.0128. The molecule has 13 heavy (non-hydrogen) atoms. The lowest BCUT2D eigenvalue weighted by Crippen LogP contribution is -2.43. The van der Waals surface area contributed by atoms with E-state index < -0.39 is 5.67 Å². The molecular weight excluding hydrogens is 169 g/mol. The molecule has 0 bridgehead atoms. The minimum Gasteiger partial charge on any atom is -0.472 e. The highest BCUT2D eigenvalue weighted by Gasteiger charge is 2.40. The molecule has 2 rings (SSSR count). The van der Waals surface area contributed by atoms with Crippen LogP contribution in [-0.2, 0) is 5.67 Å². The van der Waals surface area contributed by atoms with E-state index in [2.05, 4.69) is 5.32 Å². The van der Waals surface area contributed by atoms with Crippen LogP contribution < -0.4 is 5.32 Å². The fourth-order valence-electron chi connectivity index (χ4n) is 1.93. The fraction of sp³-hybridized carbons (Fsp3) is 0.600. The summed E-state index contributed by atoms with van der Waals surface area (Å²) in [6, 6.07) is 1.72. The summed E-state index contributed by atoms with van der Waals surface area (Å²) in [4.78, 5) is 0. The first-order valence-corrected chi connectivity index (χ1v) is 4.66. The molecule has 0 saturated carbocycles. The lowest BCUT2D eigenvalue weighted by molar-refractivity contribution is 0.0544. The van der Waals surface area contributed by atoms with Crippen LogP contribution in [-0.4, -0.2) is 13.1 Å². The van der Waals surface area contributed by atoms with Gasteiger partial charge in [-0.2, -0.15) is 0 Å². The second-order valence-electron chi connectivity index (χ2n) is 3.73. The van der Waals surface area contributed by atoms with Crippen LogP contribution in [0, 0.1) is 5.92 Å². The van der Waals surface area contributed by atoms with Crippen molar-refractivity contribution in [1.82, 2.24) is 5.32 Å². The zero-order valence-corrected chi connectivity index (χ0v) is 7.72. The van der Waals surface area contributed by atoms with E-state index in [0.717, 1.165) is 13.1 Å². The Bertz CT molecular complexity index is 272. The van der Waals surface area contributed by atoms with Crippen LogP contribution in [0.3, 0.4) is 0 Å². The number of alkyl halides is 1. The Morgan fingerprint density at radius 2 is 2.54 bits per heavy atom. The summed E-state index contributed by atoms with van der Waals surface area (Å²) >= 11 is 0. The molecule has 0 amide bonds. The SMILES string of the molecule is CC1CNCCC1(F)c1ccoc1. The molecule has 1 saturated heterocycles. The van der Waals surface area contributed by atoms with Gasteiger partial charge in [0.2, 0.25) is 0 Å². The average Bonchev–Trinajstić information content (AvgIpc) is 2.63. The number of rotatable bonds is 1. The molecule has 1 N–H and O–H groups in total. The van der Waals surface area contributed by atoms with Crippen LogP contribution in [0.25, 0.3) is 0 Å². The van der Waals surface area contributed by atoms with Gasteiger partial charge in [-0.05, 0) is 19.0 Å². The first-order chi connectivity index (χ1) is 6.23. The van der Waals surface area contributed by atoms with Gasteiger partial charge in [0.25, 0.3) is 0 Å². The molecule has 2 atom stereocenters. The van der Waals surface area contributed by atoms with Gasteiger partial charge in [0.1, 0.15) is 5.67 Å². The van der Waals surface area contributed by atoms with Crippen molar-refractivity contribution in [2.24, 2.45) is 5.92 Å². The Hall–Kier alpha value is -0.830. The minimum atomic E-state index is -1.20. The second-order valence-corrected chi connectivity index (χ2v) is 3.73. The lowest BCUT2D eigenvalue weighted by atomic mass is 9.80. The van der Waals surface area contributed by atoms with Gasteiger partial charge in [-0.25, -0.2) is 4.39 Å². The van der Waals surface area contributed by atoms with Crippen LogP contribution in [0.15, 0.2) is 23.0 Å². The topological polar surface area (TPSA) is 25.2 Å². The molecule has 0 radical (unpaired) electrons. The summed E-state index contributed by atoms with van der Waals surface area (Å²) in [7, 11) is 0. The Balaban J connectivity index is 2.27. The third kappa shape index (κ3) is 1.37. The fourth-order valence-corrected chi connectivity index (χ4v) is 1.93. The van der Waals surface area contributed by atoms with E-state index in [1.54, 1.807) is 6.07 Å². The zero-order valence-electron chi connectivity index (χ0n) is 7.72. The Morgan fingerprint density at radius 1 is 1.69 bits per heavy atom.